The molecule has 1 N–H and O–H groups in total. The molecule has 4 heterocycles. The van der Waals surface area contributed by atoms with Crippen molar-refractivity contribution in [2.75, 3.05) is 32.8 Å². The number of carbonyl (C=O) groups is 1. The van der Waals surface area contributed by atoms with Gasteiger partial charge in [-0.15, -0.1) is 0 Å². The van der Waals surface area contributed by atoms with Crippen molar-refractivity contribution in [1.82, 2.24) is 29.3 Å². The molecule has 0 radical (unpaired) electrons. The molecule has 0 aliphatic carbocycles. The Balaban J connectivity index is 1.32. The molecular formula is C21H24N6O2. The van der Waals surface area contributed by atoms with Crippen LogP contribution in [0.4, 0.5) is 0 Å². The summed E-state index contributed by atoms with van der Waals surface area (Å²) in [5, 5.41) is 10.2. The number of aliphatic hydroxyl groups is 1. The standard InChI is InChI=1S/C21H24N6O2/c1-25-7-6-24-19(25)11-26-9-16-10-27(13-21(16,12-26)14-28)20(29)15-2-3-17-18(8-15)23-5-4-22-17/h2-8,16,28H,9-14H2,1H3. The topological polar surface area (TPSA) is 87.4 Å². The Kier molecular flexibility index (Phi) is 4.33. The second-order valence-electron chi connectivity index (χ2n) is 8.29. The van der Waals surface area contributed by atoms with Crippen molar-refractivity contribution in [1.29, 1.82) is 0 Å². The first kappa shape index (κ1) is 18.2. The third-order valence-electron chi connectivity index (χ3n) is 6.43. The van der Waals surface area contributed by atoms with Crippen LogP contribution in [0.2, 0.25) is 0 Å². The van der Waals surface area contributed by atoms with E-state index in [9.17, 15) is 9.90 Å². The first-order valence-corrected chi connectivity index (χ1v) is 9.87. The molecule has 8 nitrogen and oxygen atoms in total. The molecule has 0 saturated carbocycles. The van der Waals surface area contributed by atoms with Crippen LogP contribution >= 0.6 is 0 Å². The predicted molar refractivity (Wildman–Crippen MR) is 107 cm³/mol. The van der Waals surface area contributed by atoms with E-state index in [0.29, 0.717) is 18.7 Å². The average Bonchev–Trinajstić information content (AvgIpc) is 3.40. The summed E-state index contributed by atoms with van der Waals surface area (Å²) in [4.78, 5) is 30.3. The van der Waals surface area contributed by atoms with Crippen molar-refractivity contribution in [3.8, 4) is 0 Å². The van der Waals surface area contributed by atoms with E-state index in [0.717, 1.165) is 36.5 Å². The molecule has 0 spiro atoms. The molecule has 2 aromatic heterocycles. The van der Waals surface area contributed by atoms with E-state index >= 15 is 0 Å². The van der Waals surface area contributed by atoms with Gasteiger partial charge >= 0.3 is 0 Å². The van der Waals surface area contributed by atoms with Crippen LogP contribution in [0.3, 0.4) is 0 Å². The summed E-state index contributed by atoms with van der Waals surface area (Å²) in [7, 11) is 2.00. The fraction of sp³-hybridized carbons (Fsp3) is 0.429. The molecule has 2 unspecified atom stereocenters. The number of amides is 1. The molecule has 29 heavy (non-hydrogen) atoms. The summed E-state index contributed by atoms with van der Waals surface area (Å²) in [5.41, 5.74) is 1.85. The van der Waals surface area contributed by atoms with Crippen LogP contribution in [0.5, 0.6) is 0 Å². The van der Waals surface area contributed by atoms with Gasteiger partial charge in [0.05, 0.1) is 24.2 Å². The third-order valence-corrected chi connectivity index (χ3v) is 6.43. The van der Waals surface area contributed by atoms with E-state index in [2.05, 4.69) is 19.9 Å². The van der Waals surface area contributed by atoms with Crippen LogP contribution in [0, 0.1) is 11.3 Å². The van der Waals surface area contributed by atoms with Crippen molar-refractivity contribution in [3.05, 3.63) is 54.4 Å². The molecule has 2 saturated heterocycles. The highest BCUT2D eigenvalue weighted by atomic mass is 16.3. The number of aliphatic hydroxyl groups excluding tert-OH is 1. The molecule has 2 aliphatic rings. The van der Waals surface area contributed by atoms with Gasteiger partial charge in [0.15, 0.2) is 0 Å². The monoisotopic (exact) mass is 392 g/mol. The molecule has 5 rings (SSSR count). The van der Waals surface area contributed by atoms with Crippen LogP contribution < -0.4 is 0 Å². The molecule has 0 bridgehead atoms. The average molecular weight is 392 g/mol. The first-order valence-electron chi connectivity index (χ1n) is 9.87. The number of likely N-dealkylation sites (tertiary alicyclic amines) is 2. The van der Waals surface area contributed by atoms with Gasteiger partial charge in [-0.2, -0.15) is 0 Å². The maximum absolute atomic E-state index is 13.1. The zero-order valence-electron chi connectivity index (χ0n) is 16.4. The zero-order valence-corrected chi connectivity index (χ0v) is 16.4. The summed E-state index contributed by atoms with van der Waals surface area (Å²) >= 11 is 0. The van der Waals surface area contributed by atoms with Crippen molar-refractivity contribution < 1.29 is 9.90 Å². The van der Waals surface area contributed by atoms with E-state index in [-0.39, 0.29) is 23.8 Å². The van der Waals surface area contributed by atoms with E-state index in [1.54, 1.807) is 18.5 Å². The Morgan fingerprint density at radius 1 is 1.14 bits per heavy atom. The number of imidazole rings is 1. The number of nitrogens with zero attached hydrogens (tertiary/aromatic N) is 6. The Morgan fingerprint density at radius 2 is 1.97 bits per heavy atom. The lowest BCUT2D eigenvalue weighted by atomic mass is 9.82. The van der Waals surface area contributed by atoms with Gasteiger partial charge in [0.2, 0.25) is 0 Å². The number of aryl methyl sites for hydroxylation is 1. The van der Waals surface area contributed by atoms with Gasteiger partial charge in [-0.25, -0.2) is 4.98 Å². The van der Waals surface area contributed by atoms with Gasteiger partial charge in [0.1, 0.15) is 5.82 Å². The van der Waals surface area contributed by atoms with Gasteiger partial charge < -0.3 is 14.6 Å². The van der Waals surface area contributed by atoms with E-state index in [1.807, 2.05) is 41.0 Å². The number of benzene rings is 1. The second kappa shape index (κ2) is 6.89. The summed E-state index contributed by atoms with van der Waals surface area (Å²) in [6.07, 6.45) is 7.03. The molecule has 1 amide bonds. The lowest BCUT2D eigenvalue weighted by Gasteiger charge is -2.27. The Bertz CT molecular complexity index is 1070. The van der Waals surface area contributed by atoms with Crippen molar-refractivity contribution in [2.24, 2.45) is 18.4 Å². The Hall–Kier alpha value is -2.84. The Morgan fingerprint density at radius 3 is 2.69 bits per heavy atom. The number of hydrogen-bond donors (Lipinski definition) is 1. The number of aromatic nitrogens is 4. The molecule has 1 aromatic carbocycles. The van der Waals surface area contributed by atoms with Gasteiger partial charge in [-0.05, 0) is 24.1 Å². The van der Waals surface area contributed by atoms with Crippen LogP contribution in [0.25, 0.3) is 11.0 Å². The number of carbonyl (C=O) groups excluding carboxylic acids is 1. The van der Waals surface area contributed by atoms with Crippen molar-refractivity contribution >= 4 is 16.9 Å². The minimum Gasteiger partial charge on any atom is -0.396 e. The fourth-order valence-corrected chi connectivity index (χ4v) is 4.82. The fourth-order valence-electron chi connectivity index (χ4n) is 4.82. The highest BCUT2D eigenvalue weighted by Crippen LogP contribution is 2.43. The molecule has 2 aliphatic heterocycles. The van der Waals surface area contributed by atoms with E-state index < -0.39 is 0 Å². The van der Waals surface area contributed by atoms with Crippen molar-refractivity contribution in [2.45, 2.75) is 6.54 Å². The highest BCUT2D eigenvalue weighted by molar-refractivity contribution is 5.97. The van der Waals surface area contributed by atoms with Crippen LogP contribution in [-0.2, 0) is 13.6 Å². The normalized spacial score (nSPS) is 24.3. The molecule has 2 fully saturated rings. The highest BCUT2D eigenvalue weighted by Gasteiger charge is 2.53. The van der Waals surface area contributed by atoms with E-state index in [4.69, 9.17) is 0 Å². The summed E-state index contributed by atoms with van der Waals surface area (Å²) < 4.78 is 2.03. The number of rotatable bonds is 4. The van der Waals surface area contributed by atoms with Crippen LogP contribution in [0.15, 0.2) is 43.0 Å². The summed E-state index contributed by atoms with van der Waals surface area (Å²) in [6.45, 7) is 3.71. The molecule has 8 heteroatoms. The maximum atomic E-state index is 13.1. The molecular weight excluding hydrogens is 368 g/mol. The summed E-state index contributed by atoms with van der Waals surface area (Å²) in [5.74, 6) is 1.27. The molecule has 2 atom stereocenters. The van der Waals surface area contributed by atoms with Gasteiger partial charge in [0.25, 0.3) is 5.91 Å². The number of hydrogen-bond acceptors (Lipinski definition) is 6. The quantitative estimate of drug-likeness (QED) is 0.711. The minimum absolute atomic E-state index is 0.00423. The lowest BCUT2D eigenvalue weighted by molar-refractivity contribution is 0.0718. The SMILES string of the molecule is Cn1ccnc1CN1CC2CN(C(=O)c3ccc4nccnc4c3)CC2(CO)C1. The Labute approximate surface area is 168 Å². The van der Waals surface area contributed by atoms with Crippen molar-refractivity contribution in [3.63, 3.8) is 0 Å². The molecule has 3 aromatic rings. The number of fused-ring (bicyclic) bond motifs is 2. The predicted octanol–water partition coefficient (Wildman–Crippen LogP) is 0.930. The largest absolute Gasteiger partial charge is 0.396 e. The summed E-state index contributed by atoms with van der Waals surface area (Å²) in [6, 6.07) is 5.45. The second-order valence-corrected chi connectivity index (χ2v) is 8.29. The minimum atomic E-state index is -0.266. The maximum Gasteiger partial charge on any atom is 0.253 e. The zero-order chi connectivity index (χ0) is 20.0. The molecule has 150 valence electrons. The van der Waals surface area contributed by atoms with Gasteiger partial charge in [-0.3, -0.25) is 19.7 Å². The van der Waals surface area contributed by atoms with Crippen LogP contribution in [-0.4, -0.2) is 73.1 Å². The lowest BCUT2D eigenvalue weighted by Crippen LogP contribution is -2.39. The van der Waals surface area contributed by atoms with Gasteiger partial charge in [0, 0.05) is 69.0 Å². The first-order chi connectivity index (χ1) is 14.1. The van der Waals surface area contributed by atoms with Crippen LogP contribution in [0.1, 0.15) is 16.2 Å². The smallest absolute Gasteiger partial charge is 0.253 e. The third kappa shape index (κ3) is 3.08. The van der Waals surface area contributed by atoms with Gasteiger partial charge in [-0.1, -0.05) is 0 Å². The van der Waals surface area contributed by atoms with E-state index in [1.165, 1.54) is 0 Å².